The van der Waals surface area contributed by atoms with Gasteiger partial charge in [-0.3, -0.25) is 4.79 Å². The van der Waals surface area contributed by atoms with E-state index in [1.165, 1.54) is 25.3 Å². The summed E-state index contributed by atoms with van der Waals surface area (Å²) in [6, 6.07) is 4.23. The molecule has 0 radical (unpaired) electrons. The van der Waals surface area contributed by atoms with Crippen LogP contribution in [0.25, 0.3) is 6.08 Å². The van der Waals surface area contributed by atoms with Gasteiger partial charge in [0.2, 0.25) is 5.91 Å². The summed E-state index contributed by atoms with van der Waals surface area (Å²) in [4.78, 5) is 10.5. The SMILES string of the molecule is COc1ccc(/C=C/C(N)=O)cc1C(F)F.[HH]. The quantitative estimate of drug-likeness (QED) is 0.806. The lowest BCUT2D eigenvalue weighted by molar-refractivity contribution is -0.113. The summed E-state index contributed by atoms with van der Waals surface area (Å²) >= 11 is 0. The van der Waals surface area contributed by atoms with Gasteiger partial charge in [0.15, 0.2) is 0 Å². The first-order chi connectivity index (χ1) is 7.54. The van der Waals surface area contributed by atoms with E-state index in [9.17, 15) is 13.6 Å². The third-order valence-corrected chi connectivity index (χ3v) is 1.93. The van der Waals surface area contributed by atoms with E-state index in [1.807, 2.05) is 0 Å². The number of benzene rings is 1. The molecule has 0 saturated carbocycles. The molecule has 5 heteroatoms. The van der Waals surface area contributed by atoms with E-state index in [0.717, 1.165) is 6.08 Å². The molecule has 0 aromatic heterocycles. The molecular weight excluding hydrogens is 216 g/mol. The number of hydrogen-bond donors (Lipinski definition) is 1. The second-order valence-corrected chi connectivity index (χ2v) is 3.04. The molecule has 1 aromatic rings. The number of hydrogen-bond acceptors (Lipinski definition) is 2. The van der Waals surface area contributed by atoms with Crippen molar-refractivity contribution >= 4 is 12.0 Å². The van der Waals surface area contributed by atoms with Gasteiger partial charge in [-0.15, -0.1) is 0 Å². The Bertz CT molecular complexity index is 422. The normalized spacial score (nSPS) is 11.0. The van der Waals surface area contributed by atoms with Crippen LogP contribution in [0.1, 0.15) is 19.0 Å². The topological polar surface area (TPSA) is 52.3 Å². The fourth-order valence-electron chi connectivity index (χ4n) is 1.21. The smallest absolute Gasteiger partial charge is 0.267 e. The van der Waals surface area contributed by atoms with Crippen LogP contribution in [0.15, 0.2) is 24.3 Å². The van der Waals surface area contributed by atoms with Crippen LogP contribution >= 0.6 is 0 Å². The summed E-state index contributed by atoms with van der Waals surface area (Å²) < 4.78 is 30.0. The van der Waals surface area contributed by atoms with E-state index in [1.54, 1.807) is 6.07 Å². The number of halogens is 2. The van der Waals surface area contributed by atoms with Crippen LogP contribution in [-0.2, 0) is 4.79 Å². The standard InChI is InChI=1S/C11H11F2NO2.H2/c1-16-9-4-2-7(3-5-10(14)15)6-8(9)11(12)13;/h2-6,11H,1H3,(H2,14,15);1H/b5-3+;. The van der Waals surface area contributed by atoms with E-state index in [4.69, 9.17) is 10.5 Å². The summed E-state index contributed by atoms with van der Waals surface area (Å²) in [6.45, 7) is 0. The van der Waals surface area contributed by atoms with Gasteiger partial charge in [0.25, 0.3) is 6.43 Å². The molecular formula is C11H13F2NO2. The number of ether oxygens (including phenoxy) is 1. The minimum Gasteiger partial charge on any atom is -0.496 e. The van der Waals surface area contributed by atoms with Gasteiger partial charge in [0.05, 0.1) is 12.7 Å². The van der Waals surface area contributed by atoms with Crippen LogP contribution in [0.2, 0.25) is 0 Å². The van der Waals surface area contributed by atoms with Crippen molar-refractivity contribution in [2.45, 2.75) is 6.43 Å². The highest BCUT2D eigenvalue weighted by Gasteiger charge is 2.13. The minimum absolute atomic E-state index is 0. The van der Waals surface area contributed by atoms with E-state index in [-0.39, 0.29) is 12.7 Å². The zero-order chi connectivity index (χ0) is 12.1. The Hall–Kier alpha value is -1.91. The van der Waals surface area contributed by atoms with Crippen molar-refractivity contribution < 1.29 is 19.7 Å². The maximum absolute atomic E-state index is 12.6. The van der Waals surface area contributed by atoms with Gasteiger partial charge in [0, 0.05) is 7.50 Å². The summed E-state index contributed by atoms with van der Waals surface area (Å²) in [5.41, 5.74) is 5.15. The molecule has 88 valence electrons. The number of amides is 1. The average Bonchev–Trinajstić information content (AvgIpc) is 2.25. The molecule has 0 spiro atoms. The third-order valence-electron chi connectivity index (χ3n) is 1.93. The number of primary amides is 1. The molecule has 0 fully saturated rings. The second-order valence-electron chi connectivity index (χ2n) is 3.04. The van der Waals surface area contributed by atoms with Crippen LogP contribution in [0, 0.1) is 0 Å². The number of methoxy groups -OCH3 is 1. The number of carbonyl (C=O) groups is 1. The number of carbonyl (C=O) groups excluding carboxylic acids is 1. The lowest BCUT2D eigenvalue weighted by Crippen LogP contribution is -2.05. The summed E-state index contributed by atoms with van der Waals surface area (Å²) in [7, 11) is 1.32. The van der Waals surface area contributed by atoms with Crippen molar-refractivity contribution in [2.75, 3.05) is 7.11 Å². The molecule has 0 unspecified atom stereocenters. The molecule has 1 rings (SSSR count). The number of alkyl halides is 2. The van der Waals surface area contributed by atoms with Gasteiger partial charge in [-0.1, -0.05) is 6.07 Å². The predicted octanol–water partition coefficient (Wildman–Crippen LogP) is 2.38. The van der Waals surface area contributed by atoms with Crippen LogP contribution in [0.3, 0.4) is 0 Å². The second kappa shape index (κ2) is 5.25. The Balaban J connectivity index is 0.00000256. The van der Waals surface area contributed by atoms with E-state index in [2.05, 4.69) is 0 Å². The Morgan fingerprint density at radius 1 is 1.56 bits per heavy atom. The highest BCUT2D eigenvalue weighted by Crippen LogP contribution is 2.29. The molecule has 1 amide bonds. The molecule has 0 atom stereocenters. The van der Waals surface area contributed by atoms with Gasteiger partial charge in [-0.2, -0.15) is 0 Å². The summed E-state index contributed by atoms with van der Waals surface area (Å²) in [6.07, 6.45) is -0.151. The zero-order valence-electron chi connectivity index (χ0n) is 8.61. The fourth-order valence-corrected chi connectivity index (χ4v) is 1.21. The first-order valence-electron chi connectivity index (χ1n) is 4.48. The lowest BCUT2D eigenvalue weighted by Gasteiger charge is -2.08. The first-order valence-corrected chi connectivity index (χ1v) is 4.48. The van der Waals surface area contributed by atoms with E-state index in [0.29, 0.717) is 5.56 Å². The highest BCUT2D eigenvalue weighted by molar-refractivity contribution is 5.90. The summed E-state index contributed by atoms with van der Waals surface area (Å²) in [5.74, 6) is -0.513. The van der Waals surface area contributed by atoms with Gasteiger partial charge in [-0.05, 0) is 23.8 Å². The minimum atomic E-state index is -2.63. The highest BCUT2D eigenvalue weighted by atomic mass is 19.3. The molecule has 0 aliphatic rings. The maximum atomic E-state index is 12.6. The van der Waals surface area contributed by atoms with Crippen molar-refractivity contribution in [3.63, 3.8) is 0 Å². The zero-order valence-corrected chi connectivity index (χ0v) is 8.61. The van der Waals surface area contributed by atoms with Crippen molar-refractivity contribution in [1.29, 1.82) is 0 Å². The molecule has 0 bridgehead atoms. The molecule has 1 aromatic carbocycles. The average molecular weight is 229 g/mol. The molecule has 0 heterocycles. The molecule has 0 aliphatic heterocycles. The van der Waals surface area contributed by atoms with Gasteiger partial charge >= 0.3 is 0 Å². The van der Waals surface area contributed by atoms with Crippen molar-refractivity contribution in [1.82, 2.24) is 0 Å². The Labute approximate surface area is 93.0 Å². The molecule has 16 heavy (non-hydrogen) atoms. The number of rotatable bonds is 4. The van der Waals surface area contributed by atoms with Crippen LogP contribution in [-0.4, -0.2) is 13.0 Å². The van der Waals surface area contributed by atoms with Gasteiger partial charge in [0.1, 0.15) is 5.75 Å². The summed E-state index contributed by atoms with van der Waals surface area (Å²) in [5, 5.41) is 0. The monoisotopic (exact) mass is 229 g/mol. The molecule has 0 aliphatic carbocycles. The van der Waals surface area contributed by atoms with E-state index >= 15 is 0 Å². The van der Waals surface area contributed by atoms with Crippen LogP contribution in [0.4, 0.5) is 8.78 Å². The van der Waals surface area contributed by atoms with Gasteiger partial charge in [-0.25, -0.2) is 8.78 Å². The molecule has 2 N–H and O–H groups in total. The third kappa shape index (κ3) is 3.05. The first kappa shape index (κ1) is 12.2. The fraction of sp³-hybridized carbons (Fsp3) is 0.182. The lowest BCUT2D eigenvalue weighted by atomic mass is 10.1. The Kier molecular flexibility index (Phi) is 3.99. The van der Waals surface area contributed by atoms with Crippen molar-refractivity contribution in [3.05, 3.63) is 35.4 Å². The Morgan fingerprint density at radius 2 is 2.25 bits per heavy atom. The van der Waals surface area contributed by atoms with Crippen LogP contribution in [0.5, 0.6) is 5.75 Å². The largest absolute Gasteiger partial charge is 0.496 e. The molecule has 3 nitrogen and oxygen atoms in total. The van der Waals surface area contributed by atoms with E-state index < -0.39 is 12.3 Å². The van der Waals surface area contributed by atoms with Crippen molar-refractivity contribution in [3.8, 4) is 5.75 Å². The Morgan fingerprint density at radius 3 is 2.75 bits per heavy atom. The van der Waals surface area contributed by atoms with Gasteiger partial charge < -0.3 is 10.5 Å². The number of nitrogens with two attached hydrogens (primary N) is 1. The van der Waals surface area contributed by atoms with Crippen LogP contribution < -0.4 is 10.5 Å². The maximum Gasteiger partial charge on any atom is 0.267 e. The predicted molar refractivity (Wildman–Crippen MR) is 58.3 cm³/mol. The molecule has 0 saturated heterocycles. The van der Waals surface area contributed by atoms with Crippen molar-refractivity contribution in [2.24, 2.45) is 5.73 Å².